The molecule has 0 aliphatic carbocycles. The van der Waals surface area contributed by atoms with Gasteiger partial charge in [-0.25, -0.2) is 0 Å². The molecule has 1 atom stereocenters. The van der Waals surface area contributed by atoms with Gasteiger partial charge in [-0.1, -0.05) is 41.9 Å². The average Bonchev–Trinajstić information content (AvgIpc) is 2.68. The van der Waals surface area contributed by atoms with Crippen molar-refractivity contribution in [1.82, 2.24) is 10.3 Å². The molecule has 26 heavy (non-hydrogen) atoms. The third-order valence-corrected chi connectivity index (χ3v) is 4.40. The number of rotatable bonds is 6. The first-order chi connectivity index (χ1) is 12.6. The number of aromatic nitrogens is 1. The van der Waals surface area contributed by atoms with E-state index in [2.05, 4.69) is 10.3 Å². The molecular formula is C21H19ClN2O2. The number of pyridine rings is 1. The highest BCUT2D eigenvalue weighted by molar-refractivity contribution is 6.31. The molecule has 2 aromatic carbocycles. The second-order valence-electron chi connectivity index (χ2n) is 5.85. The zero-order valence-corrected chi connectivity index (χ0v) is 15.1. The normalized spacial score (nSPS) is 11.6. The van der Waals surface area contributed by atoms with Gasteiger partial charge >= 0.3 is 0 Å². The highest BCUT2D eigenvalue weighted by Gasteiger charge is 2.15. The van der Waals surface area contributed by atoms with Crippen LogP contribution in [0.3, 0.4) is 0 Å². The minimum Gasteiger partial charge on any atom is -0.488 e. The summed E-state index contributed by atoms with van der Waals surface area (Å²) in [7, 11) is 0. The molecule has 1 N–H and O–H groups in total. The molecular weight excluding hydrogens is 348 g/mol. The maximum Gasteiger partial charge on any atom is 0.255 e. The summed E-state index contributed by atoms with van der Waals surface area (Å²) in [4.78, 5) is 16.7. The van der Waals surface area contributed by atoms with Crippen LogP contribution in [0.4, 0.5) is 0 Å². The summed E-state index contributed by atoms with van der Waals surface area (Å²) in [5.41, 5.74) is 2.35. The minimum absolute atomic E-state index is 0.137. The van der Waals surface area contributed by atoms with Crippen LogP contribution in [0.15, 0.2) is 73.1 Å². The molecule has 0 aliphatic heterocycles. The SMILES string of the molecule is CC(NC(=O)c1ccccc1OCc1ccccc1Cl)c1ccncc1. The molecule has 3 aromatic rings. The lowest BCUT2D eigenvalue weighted by Gasteiger charge is -2.16. The summed E-state index contributed by atoms with van der Waals surface area (Å²) in [6, 6.07) is 18.3. The van der Waals surface area contributed by atoms with Crippen LogP contribution < -0.4 is 10.1 Å². The zero-order chi connectivity index (χ0) is 18.4. The Bertz CT molecular complexity index is 884. The minimum atomic E-state index is -0.191. The monoisotopic (exact) mass is 366 g/mol. The van der Waals surface area contributed by atoms with Gasteiger partial charge in [0.15, 0.2) is 0 Å². The van der Waals surface area contributed by atoms with Crippen LogP contribution >= 0.6 is 11.6 Å². The Balaban J connectivity index is 1.72. The fourth-order valence-electron chi connectivity index (χ4n) is 2.56. The van der Waals surface area contributed by atoms with E-state index in [0.717, 1.165) is 11.1 Å². The lowest BCUT2D eigenvalue weighted by Crippen LogP contribution is -2.27. The standard InChI is InChI=1S/C21H19ClN2O2/c1-15(16-10-12-23-13-11-16)24-21(25)18-7-3-5-9-20(18)26-14-17-6-2-4-8-19(17)22/h2-13,15H,14H2,1H3,(H,24,25). The molecule has 1 aromatic heterocycles. The van der Waals surface area contributed by atoms with Crippen LogP contribution in [0.25, 0.3) is 0 Å². The first-order valence-electron chi connectivity index (χ1n) is 8.31. The Hall–Kier alpha value is -2.85. The molecule has 5 heteroatoms. The fraction of sp³-hybridized carbons (Fsp3) is 0.143. The third kappa shape index (κ3) is 4.41. The van der Waals surface area contributed by atoms with Crippen molar-refractivity contribution in [1.29, 1.82) is 0 Å². The van der Waals surface area contributed by atoms with Gasteiger partial charge in [0.25, 0.3) is 5.91 Å². The summed E-state index contributed by atoms with van der Waals surface area (Å²) in [6.45, 7) is 2.23. The van der Waals surface area contributed by atoms with Gasteiger partial charge in [-0.15, -0.1) is 0 Å². The maximum atomic E-state index is 12.7. The molecule has 1 amide bonds. The van der Waals surface area contributed by atoms with Gasteiger partial charge in [-0.05, 0) is 42.8 Å². The second kappa shape index (κ2) is 8.50. The van der Waals surface area contributed by atoms with Crippen molar-refractivity contribution in [3.63, 3.8) is 0 Å². The van der Waals surface area contributed by atoms with E-state index in [1.54, 1.807) is 24.5 Å². The number of para-hydroxylation sites is 1. The predicted molar refractivity (Wildman–Crippen MR) is 102 cm³/mol. The Morgan fingerprint density at radius 3 is 2.54 bits per heavy atom. The topological polar surface area (TPSA) is 51.2 Å². The van der Waals surface area contributed by atoms with Gasteiger partial charge < -0.3 is 10.1 Å². The van der Waals surface area contributed by atoms with Gasteiger partial charge in [-0.3, -0.25) is 9.78 Å². The second-order valence-corrected chi connectivity index (χ2v) is 6.26. The first-order valence-corrected chi connectivity index (χ1v) is 8.69. The molecule has 0 aliphatic rings. The Morgan fingerprint density at radius 1 is 1.08 bits per heavy atom. The van der Waals surface area contributed by atoms with Gasteiger partial charge in [0.05, 0.1) is 11.6 Å². The molecule has 0 saturated heterocycles. The molecule has 0 spiro atoms. The number of hydrogen-bond donors (Lipinski definition) is 1. The highest BCUT2D eigenvalue weighted by Crippen LogP contribution is 2.23. The molecule has 3 rings (SSSR count). The van der Waals surface area contributed by atoms with Crippen LogP contribution in [0, 0.1) is 0 Å². The van der Waals surface area contributed by atoms with E-state index in [1.165, 1.54) is 0 Å². The Kier molecular flexibility index (Phi) is 5.87. The number of nitrogens with one attached hydrogen (secondary N) is 1. The van der Waals surface area contributed by atoms with Crippen LogP contribution in [-0.2, 0) is 6.61 Å². The van der Waals surface area contributed by atoms with Crippen LogP contribution in [-0.4, -0.2) is 10.9 Å². The van der Waals surface area contributed by atoms with Crippen LogP contribution in [0.2, 0.25) is 5.02 Å². The van der Waals surface area contributed by atoms with Crippen molar-refractivity contribution in [2.45, 2.75) is 19.6 Å². The lowest BCUT2D eigenvalue weighted by molar-refractivity contribution is 0.0935. The lowest BCUT2D eigenvalue weighted by atomic mass is 10.1. The van der Waals surface area contributed by atoms with E-state index in [9.17, 15) is 4.79 Å². The number of nitrogens with zero attached hydrogens (tertiary/aromatic N) is 1. The summed E-state index contributed by atoms with van der Waals surface area (Å²) in [5.74, 6) is 0.330. The van der Waals surface area contributed by atoms with E-state index < -0.39 is 0 Å². The molecule has 4 nitrogen and oxygen atoms in total. The van der Waals surface area contributed by atoms with E-state index in [0.29, 0.717) is 22.9 Å². The van der Waals surface area contributed by atoms with Crippen molar-refractivity contribution < 1.29 is 9.53 Å². The largest absolute Gasteiger partial charge is 0.488 e. The van der Waals surface area contributed by atoms with Gasteiger partial charge in [0, 0.05) is 23.0 Å². The number of amides is 1. The Morgan fingerprint density at radius 2 is 1.77 bits per heavy atom. The van der Waals surface area contributed by atoms with E-state index >= 15 is 0 Å². The molecule has 1 heterocycles. The summed E-state index contributed by atoms with van der Waals surface area (Å²) in [6.07, 6.45) is 3.41. The number of hydrogen-bond acceptors (Lipinski definition) is 3. The van der Waals surface area contributed by atoms with Crippen molar-refractivity contribution >= 4 is 17.5 Å². The van der Waals surface area contributed by atoms with Crippen LogP contribution in [0.5, 0.6) is 5.75 Å². The van der Waals surface area contributed by atoms with Crippen LogP contribution in [0.1, 0.15) is 34.5 Å². The summed E-state index contributed by atoms with van der Waals surface area (Å²) < 4.78 is 5.86. The van der Waals surface area contributed by atoms with Crippen molar-refractivity contribution in [3.8, 4) is 5.75 Å². The van der Waals surface area contributed by atoms with Gasteiger partial charge in [-0.2, -0.15) is 0 Å². The molecule has 1 unspecified atom stereocenters. The third-order valence-electron chi connectivity index (χ3n) is 4.03. The van der Waals surface area contributed by atoms with Crippen molar-refractivity contribution in [2.24, 2.45) is 0 Å². The number of carbonyl (C=O) groups excluding carboxylic acids is 1. The molecule has 0 radical (unpaired) electrons. The van der Waals surface area contributed by atoms with Gasteiger partial charge in [0.2, 0.25) is 0 Å². The number of ether oxygens (including phenoxy) is 1. The number of halogens is 1. The first kappa shape index (κ1) is 18.0. The number of carbonyl (C=O) groups is 1. The molecule has 0 saturated carbocycles. The fourth-order valence-corrected chi connectivity index (χ4v) is 2.75. The quantitative estimate of drug-likeness (QED) is 0.681. The predicted octanol–water partition coefficient (Wildman–Crippen LogP) is 4.81. The van der Waals surface area contributed by atoms with Gasteiger partial charge in [0.1, 0.15) is 12.4 Å². The van der Waals surface area contributed by atoms with Crippen molar-refractivity contribution in [3.05, 3.63) is 94.8 Å². The Labute approximate surface area is 157 Å². The summed E-state index contributed by atoms with van der Waals surface area (Å²) in [5, 5.41) is 3.63. The average molecular weight is 367 g/mol. The van der Waals surface area contributed by atoms with E-state index in [-0.39, 0.29) is 11.9 Å². The highest BCUT2D eigenvalue weighted by atomic mass is 35.5. The molecule has 0 bridgehead atoms. The zero-order valence-electron chi connectivity index (χ0n) is 14.4. The number of benzene rings is 2. The smallest absolute Gasteiger partial charge is 0.255 e. The molecule has 132 valence electrons. The van der Waals surface area contributed by atoms with E-state index in [1.807, 2.05) is 55.5 Å². The molecule has 0 fully saturated rings. The maximum absolute atomic E-state index is 12.7. The summed E-state index contributed by atoms with van der Waals surface area (Å²) >= 11 is 6.17. The van der Waals surface area contributed by atoms with Crippen molar-refractivity contribution in [2.75, 3.05) is 0 Å². The van der Waals surface area contributed by atoms with E-state index in [4.69, 9.17) is 16.3 Å².